The van der Waals surface area contributed by atoms with Gasteiger partial charge in [-0.2, -0.15) is 0 Å². The van der Waals surface area contributed by atoms with Crippen molar-refractivity contribution in [1.29, 1.82) is 0 Å². The summed E-state index contributed by atoms with van der Waals surface area (Å²) in [6.07, 6.45) is 22.8. The van der Waals surface area contributed by atoms with Gasteiger partial charge in [0.05, 0.1) is 28.0 Å². The van der Waals surface area contributed by atoms with E-state index in [9.17, 15) is 43.2 Å². The third-order valence-corrected chi connectivity index (χ3v) is 13.1. The summed E-state index contributed by atoms with van der Waals surface area (Å²) >= 11 is 19.4. The number of rotatable bonds is 4. The average molecular weight is 1720 g/mol. The normalized spacial score (nSPS) is 16.1. The molecule has 10 heterocycles. The molecule has 4 aromatic heterocycles. The van der Waals surface area contributed by atoms with Crippen LogP contribution < -0.4 is 15.4 Å². The first-order valence-electron chi connectivity index (χ1n) is 26.8. The standard InChI is InChI=1S/2C11H10BrNO4.C7H6BrNO2.C7H8BrNO.C6H8O4.C5H5BrNO.C5H4BrN.C4H6O3.C4H8O.B.ClH/c1-11(2)16-9(14)8(10(15)17-11)7-4-3-6(12)5-13-7;1-11(2)16-9(14)7(10(15)17-11)8-6(12)4-3-5-13-8;8-5-1-2-6(9-4-5)3-7(10)11;8-6-1-2-7(3-4-10)9-5-6;1-6(2)9-4(7)3-5(8)10-6;6-5-2-1-3-7(8)4-5;6-5-2-1-3-7-4-5;1-3(5)7-4(2)6;1-2-4-5-3-1;;/h2*3-5,13H,1-2H3;1-2,4H,3H2,(H,10,11);1-2,5,10H,3-4H2;3H2,1-2H3;1-4,8H;1-4H;1-2H3;1-4H2;;1H/q;;;;;+1;;;;;. The number of nitrogens with one attached hydrogen (secondary N) is 2. The molecule has 0 atom stereocenters. The van der Waals surface area contributed by atoms with E-state index in [1.54, 1.807) is 92.1 Å². The maximum Gasteiger partial charge on any atom is 0.351 e. The number of nitrogens with zero attached hydrogens (tertiary/aromatic N) is 4. The van der Waals surface area contributed by atoms with Crippen LogP contribution in [0.1, 0.15) is 86.0 Å². The van der Waals surface area contributed by atoms with Crippen LogP contribution in [0.4, 0.5) is 0 Å². The Hall–Kier alpha value is -6.98. The van der Waals surface area contributed by atoms with E-state index >= 15 is 0 Å². The van der Waals surface area contributed by atoms with Gasteiger partial charge in [-0.25, -0.2) is 19.2 Å². The highest BCUT2D eigenvalue weighted by molar-refractivity contribution is 9.12. The monoisotopic (exact) mass is 1710 g/mol. The van der Waals surface area contributed by atoms with E-state index in [0.29, 0.717) is 28.0 Å². The Morgan fingerprint density at radius 2 is 1.14 bits per heavy atom. The fraction of sp³-hybridized carbons (Fsp3) is 0.317. The zero-order valence-corrected chi connectivity index (χ0v) is 61.9. The number of aliphatic hydroxyl groups is 1. The molecule has 4 saturated heterocycles. The minimum atomic E-state index is -1.22. The van der Waals surface area contributed by atoms with Crippen molar-refractivity contribution >= 4 is 170 Å². The Labute approximate surface area is 600 Å². The second-order valence-corrected chi connectivity index (χ2v) is 24.8. The van der Waals surface area contributed by atoms with Crippen LogP contribution in [-0.2, 0) is 93.9 Å². The molecule has 6 aliphatic heterocycles. The average Bonchev–Trinajstić information content (AvgIpc) is 0.817. The van der Waals surface area contributed by atoms with Crippen LogP contribution in [0.25, 0.3) is 0 Å². The number of aromatic nitrogens is 4. The first-order valence-corrected chi connectivity index (χ1v) is 31.5. The number of aliphatic hydroxyl groups excluding tert-OH is 1. The van der Waals surface area contributed by atoms with E-state index in [2.05, 4.69) is 135 Å². The van der Waals surface area contributed by atoms with Crippen LogP contribution in [0.15, 0.2) is 172 Å². The van der Waals surface area contributed by atoms with Gasteiger partial charge in [0, 0.05) is 166 Å². The van der Waals surface area contributed by atoms with E-state index in [4.69, 9.17) is 39.1 Å². The van der Waals surface area contributed by atoms with Crippen molar-refractivity contribution in [2.45, 2.75) is 105 Å². The SMILES string of the molecule is Brc1cccnc1.C1CCOC1.CC(=O)OC(C)=O.CC1(C)OC(=O)C(=C2C=CC(Br)=CN2)C(=O)O1.CC1(C)OC(=O)C(=C2NC=CC=C2Br)C(=O)O1.CC1(C)OC(=O)CC(=O)O1.Cl.O=C(O)Cc1ccc(Br)cn1.OCCc1ccc(Br)cn1.O[n+]1cccc(Br)c1.[B]. The van der Waals surface area contributed by atoms with Crippen molar-refractivity contribution in [3.63, 3.8) is 0 Å². The van der Waals surface area contributed by atoms with E-state index in [1.165, 1.54) is 68.2 Å². The quantitative estimate of drug-likeness (QED) is 0.0185. The molecule has 3 radical (unpaired) electrons. The summed E-state index contributed by atoms with van der Waals surface area (Å²) in [6, 6.07) is 14.6. The number of halogens is 7. The Bertz CT molecular complexity index is 3310. The molecule has 94 heavy (non-hydrogen) atoms. The maximum absolute atomic E-state index is 11.8. The lowest BCUT2D eigenvalue weighted by molar-refractivity contribution is -0.905. The first-order chi connectivity index (χ1) is 43.1. The van der Waals surface area contributed by atoms with Gasteiger partial charge in [-0.3, -0.25) is 44.1 Å². The number of hydrogen-bond donors (Lipinski definition) is 5. The van der Waals surface area contributed by atoms with Crippen LogP contribution in [0.5, 0.6) is 0 Å². The van der Waals surface area contributed by atoms with Crippen LogP contribution in [-0.4, -0.2) is 130 Å². The molecule has 4 fully saturated rings. The lowest BCUT2D eigenvalue weighted by Gasteiger charge is -2.31. The summed E-state index contributed by atoms with van der Waals surface area (Å²) < 4.78 is 44.3. The number of allylic oxidation sites excluding steroid dienone is 6. The molecule has 0 aliphatic carbocycles. The molecule has 0 aromatic carbocycles. The zero-order valence-electron chi connectivity index (χ0n) is 51.5. The number of aliphatic carboxylic acids is 1. The van der Waals surface area contributed by atoms with Gasteiger partial charge in [0.2, 0.25) is 12.4 Å². The summed E-state index contributed by atoms with van der Waals surface area (Å²) in [5.41, 5.74) is 1.93. The van der Waals surface area contributed by atoms with Gasteiger partial charge in [0.15, 0.2) is 11.1 Å². The molecule has 10 rings (SSSR count). The number of cyclic esters (lactones) is 6. The topological polar surface area (TPSA) is 355 Å². The molecule has 34 heteroatoms. The van der Waals surface area contributed by atoms with Crippen molar-refractivity contribution < 1.29 is 101 Å². The minimum absolute atomic E-state index is 0. The highest BCUT2D eigenvalue weighted by Gasteiger charge is 2.42. The fourth-order valence-electron chi connectivity index (χ4n) is 6.48. The largest absolute Gasteiger partial charge is 0.481 e. The van der Waals surface area contributed by atoms with Crippen molar-refractivity contribution in [3.05, 3.63) is 183 Å². The summed E-state index contributed by atoms with van der Waals surface area (Å²) in [7, 11) is 0. The molecule has 0 unspecified atom stereocenters. The highest BCUT2D eigenvalue weighted by Crippen LogP contribution is 2.30. The fourth-order valence-corrected chi connectivity index (χ4v) is 8.30. The predicted molar refractivity (Wildman–Crippen MR) is 361 cm³/mol. The number of carbonyl (C=O) groups excluding carboxylic acids is 8. The molecule has 4 aromatic rings. The second-order valence-electron chi connectivity index (χ2n) is 19.4. The molecule has 507 valence electrons. The van der Waals surface area contributed by atoms with Gasteiger partial charge in [-0.05, 0) is 175 Å². The van der Waals surface area contributed by atoms with E-state index in [0.717, 1.165) is 46.0 Å². The number of esters is 8. The molecular weight excluding hydrogens is 1650 g/mol. The van der Waals surface area contributed by atoms with Gasteiger partial charge < -0.3 is 58.7 Å². The number of hydrogen-bond acceptors (Lipinski definition) is 24. The van der Waals surface area contributed by atoms with E-state index in [1.807, 2.05) is 30.3 Å². The Balaban J connectivity index is 0.00000106. The summed E-state index contributed by atoms with van der Waals surface area (Å²) in [4.78, 5) is 110. The van der Waals surface area contributed by atoms with Gasteiger partial charge >= 0.3 is 53.7 Å². The van der Waals surface area contributed by atoms with Crippen LogP contribution in [0, 0.1) is 0 Å². The van der Waals surface area contributed by atoms with Crippen molar-refractivity contribution in [1.82, 2.24) is 25.6 Å². The summed E-state index contributed by atoms with van der Waals surface area (Å²) in [5, 5.41) is 31.2. The summed E-state index contributed by atoms with van der Waals surface area (Å²) in [5.74, 6) is -9.33. The smallest absolute Gasteiger partial charge is 0.351 e. The third kappa shape index (κ3) is 37.8. The van der Waals surface area contributed by atoms with Gasteiger partial charge in [0.25, 0.3) is 17.4 Å². The van der Waals surface area contributed by atoms with E-state index < -0.39 is 71.1 Å². The Morgan fingerprint density at radius 3 is 1.48 bits per heavy atom. The third-order valence-electron chi connectivity index (χ3n) is 10.0. The van der Waals surface area contributed by atoms with Crippen LogP contribution in [0.3, 0.4) is 0 Å². The van der Waals surface area contributed by atoms with E-state index in [-0.39, 0.29) is 51.4 Å². The summed E-state index contributed by atoms with van der Waals surface area (Å²) in [6.45, 7) is 13.6. The first kappa shape index (κ1) is 87.0. The number of carbonyl (C=O) groups is 9. The molecule has 5 N–H and O–H groups in total. The molecule has 0 saturated carbocycles. The number of carboxylic acids is 1. The van der Waals surface area contributed by atoms with Crippen LogP contribution in [0.2, 0.25) is 0 Å². The lowest BCUT2D eigenvalue weighted by atomic mass is 10.1. The number of dihydropyridines is 2. The highest BCUT2D eigenvalue weighted by atomic mass is 79.9. The Morgan fingerprint density at radius 1 is 0.649 bits per heavy atom. The molecule has 6 aliphatic rings. The molecule has 26 nitrogen and oxygen atoms in total. The number of ether oxygens (including phenoxy) is 8. The molecule has 0 bridgehead atoms. The predicted octanol–water partition coefficient (Wildman–Crippen LogP) is 9.76. The van der Waals surface area contributed by atoms with Crippen molar-refractivity contribution in [2.24, 2.45) is 0 Å². The molecule has 0 amide bonds. The molecule has 0 spiro atoms. The van der Waals surface area contributed by atoms with Gasteiger partial charge in [-0.1, -0.05) is 0 Å². The number of pyridine rings is 4. The number of carboxylic acid groups (broad SMARTS) is 1. The van der Waals surface area contributed by atoms with Crippen LogP contribution >= 0.6 is 108 Å². The lowest BCUT2D eigenvalue weighted by Crippen LogP contribution is -2.43. The second kappa shape index (κ2) is 44.6. The van der Waals surface area contributed by atoms with Crippen molar-refractivity contribution in [3.8, 4) is 0 Å². The Kier molecular flexibility index (Phi) is 41.3. The van der Waals surface area contributed by atoms with Crippen molar-refractivity contribution in [2.75, 3.05) is 19.8 Å². The minimum Gasteiger partial charge on any atom is -0.481 e. The molecular formula is C60H66BBr6ClN6O20+. The van der Waals surface area contributed by atoms with Gasteiger partial charge in [-0.15, -0.1) is 12.4 Å². The van der Waals surface area contributed by atoms with Gasteiger partial charge in [0.1, 0.15) is 6.42 Å². The maximum atomic E-state index is 11.8. The zero-order chi connectivity index (χ0) is 69.2.